The van der Waals surface area contributed by atoms with Crippen molar-refractivity contribution in [2.75, 3.05) is 22.8 Å². The average molecular weight is 573 g/mol. The Kier molecular flexibility index (Phi) is 9.63. The van der Waals surface area contributed by atoms with Crippen molar-refractivity contribution in [1.29, 1.82) is 0 Å². The highest BCUT2D eigenvalue weighted by molar-refractivity contribution is 7.92. The Bertz CT molecular complexity index is 1420. The second-order valence-corrected chi connectivity index (χ2v) is 12.5. The van der Waals surface area contributed by atoms with Gasteiger partial charge >= 0.3 is 5.97 Å². The van der Waals surface area contributed by atoms with Gasteiger partial charge in [-0.3, -0.25) is 13.9 Å². The average Bonchev–Trinajstić information content (AvgIpc) is 2.85. The number of nitrogens with zero attached hydrogens (tertiary/aromatic N) is 1. The van der Waals surface area contributed by atoms with Crippen molar-refractivity contribution < 1.29 is 27.5 Å². The summed E-state index contributed by atoms with van der Waals surface area (Å²) >= 11 is 6.09. The van der Waals surface area contributed by atoms with Crippen molar-refractivity contribution in [3.05, 3.63) is 83.4 Å². The van der Waals surface area contributed by atoms with Gasteiger partial charge in [-0.1, -0.05) is 56.6 Å². The lowest BCUT2D eigenvalue weighted by Crippen LogP contribution is -2.37. The molecule has 208 valence electrons. The van der Waals surface area contributed by atoms with Gasteiger partial charge in [-0.15, -0.1) is 0 Å². The number of rotatable bonds is 10. The van der Waals surface area contributed by atoms with Gasteiger partial charge in [-0.2, -0.15) is 0 Å². The van der Waals surface area contributed by atoms with E-state index in [1.54, 1.807) is 44.2 Å². The number of amides is 1. The molecule has 3 rings (SSSR count). The Morgan fingerprint density at radius 2 is 1.64 bits per heavy atom. The van der Waals surface area contributed by atoms with Crippen LogP contribution in [0.1, 0.15) is 40.2 Å². The van der Waals surface area contributed by atoms with Crippen LogP contribution in [0.2, 0.25) is 5.02 Å². The van der Waals surface area contributed by atoms with E-state index in [4.69, 9.17) is 21.1 Å². The number of sulfonamides is 1. The molecular weight excluding hydrogens is 540 g/mol. The normalized spacial score (nSPS) is 11.7. The second-order valence-electron chi connectivity index (χ2n) is 10.2. The Morgan fingerprint density at radius 3 is 2.26 bits per heavy atom. The zero-order valence-electron chi connectivity index (χ0n) is 22.6. The first-order valence-corrected chi connectivity index (χ1v) is 14.2. The molecular formula is C29H33ClN2O6S. The zero-order valence-corrected chi connectivity index (χ0v) is 24.2. The van der Waals surface area contributed by atoms with Gasteiger partial charge in [0.1, 0.15) is 12.3 Å². The molecule has 8 nitrogen and oxygen atoms in total. The zero-order chi connectivity index (χ0) is 28.8. The maximum Gasteiger partial charge on any atom is 0.327 e. The Labute approximate surface area is 234 Å². The van der Waals surface area contributed by atoms with Crippen molar-refractivity contribution in [2.45, 2.75) is 51.0 Å². The van der Waals surface area contributed by atoms with Crippen LogP contribution in [0.15, 0.2) is 77.7 Å². The fourth-order valence-electron chi connectivity index (χ4n) is 3.62. The number of esters is 1. The molecule has 0 saturated carbocycles. The molecule has 0 atom stereocenters. The SMILES string of the molecule is CC(C)OC(=O)CN(c1cccc(Cl)c1)S(=O)(=O)c1cccc(NC(=O)COc2ccc(C(C)(C)C)cc2)c1. The molecule has 0 unspecified atom stereocenters. The van der Waals surface area contributed by atoms with E-state index in [-0.39, 0.29) is 28.3 Å². The minimum absolute atomic E-state index is 0.00164. The predicted molar refractivity (Wildman–Crippen MR) is 153 cm³/mol. The standard InChI is InChI=1S/C29H33ClN2O6S/c1-20(2)38-28(34)18-32(24-10-6-8-22(30)16-24)39(35,36)26-11-7-9-23(17-26)31-27(33)19-37-25-14-12-21(13-15-25)29(3,4)5/h6-17,20H,18-19H2,1-5H3,(H,31,33). The highest BCUT2D eigenvalue weighted by Gasteiger charge is 2.28. The second kappa shape index (κ2) is 12.5. The molecule has 0 aliphatic heterocycles. The lowest BCUT2D eigenvalue weighted by Gasteiger charge is -2.24. The summed E-state index contributed by atoms with van der Waals surface area (Å²) in [4.78, 5) is 24.9. The van der Waals surface area contributed by atoms with Gasteiger partial charge in [0.2, 0.25) is 0 Å². The minimum atomic E-state index is -4.24. The van der Waals surface area contributed by atoms with E-state index in [1.165, 1.54) is 30.3 Å². The van der Waals surface area contributed by atoms with Crippen LogP contribution < -0.4 is 14.4 Å². The van der Waals surface area contributed by atoms with E-state index in [0.717, 1.165) is 9.87 Å². The van der Waals surface area contributed by atoms with Crippen molar-refractivity contribution in [1.82, 2.24) is 0 Å². The van der Waals surface area contributed by atoms with Gasteiger partial charge < -0.3 is 14.8 Å². The summed E-state index contributed by atoms with van der Waals surface area (Å²) in [6.45, 7) is 8.85. The Morgan fingerprint density at radius 1 is 0.974 bits per heavy atom. The molecule has 0 heterocycles. The topological polar surface area (TPSA) is 102 Å². The molecule has 0 bridgehead atoms. The van der Waals surface area contributed by atoms with Crippen LogP contribution in [0, 0.1) is 0 Å². The Hall–Kier alpha value is -3.56. The van der Waals surface area contributed by atoms with Crippen LogP contribution in [-0.2, 0) is 29.8 Å². The van der Waals surface area contributed by atoms with E-state index in [2.05, 4.69) is 26.1 Å². The summed E-state index contributed by atoms with van der Waals surface area (Å²) in [6.07, 6.45) is -0.418. The smallest absolute Gasteiger partial charge is 0.327 e. The maximum absolute atomic E-state index is 13.6. The molecule has 0 aromatic heterocycles. The summed E-state index contributed by atoms with van der Waals surface area (Å²) in [7, 11) is -4.24. The molecule has 10 heteroatoms. The molecule has 1 amide bonds. The van der Waals surface area contributed by atoms with E-state index >= 15 is 0 Å². The third kappa shape index (κ3) is 8.46. The summed E-state index contributed by atoms with van der Waals surface area (Å²) in [5.74, 6) is -0.637. The van der Waals surface area contributed by atoms with Gasteiger partial charge in [0.05, 0.1) is 16.7 Å². The summed E-state index contributed by atoms with van der Waals surface area (Å²) < 4.78 is 39.0. The lowest BCUT2D eigenvalue weighted by molar-refractivity contribution is -0.145. The molecule has 0 aliphatic rings. The van der Waals surface area contributed by atoms with Crippen molar-refractivity contribution in [3.63, 3.8) is 0 Å². The molecule has 3 aromatic carbocycles. The van der Waals surface area contributed by atoms with E-state index in [1.807, 2.05) is 12.1 Å². The minimum Gasteiger partial charge on any atom is -0.484 e. The summed E-state index contributed by atoms with van der Waals surface area (Å²) in [6, 6.07) is 19.4. The third-order valence-corrected chi connectivity index (χ3v) is 7.54. The van der Waals surface area contributed by atoms with Crippen LogP contribution in [0.4, 0.5) is 11.4 Å². The van der Waals surface area contributed by atoms with Crippen LogP contribution in [-0.4, -0.2) is 39.5 Å². The van der Waals surface area contributed by atoms with Gasteiger partial charge in [0, 0.05) is 10.7 Å². The van der Waals surface area contributed by atoms with E-state index in [9.17, 15) is 18.0 Å². The van der Waals surface area contributed by atoms with Crippen LogP contribution >= 0.6 is 11.6 Å². The summed E-state index contributed by atoms with van der Waals surface area (Å²) in [5, 5.41) is 2.96. The predicted octanol–water partition coefficient (Wildman–Crippen LogP) is 5.80. The van der Waals surface area contributed by atoms with Gasteiger partial charge in [0.15, 0.2) is 6.61 Å². The molecule has 39 heavy (non-hydrogen) atoms. The van der Waals surface area contributed by atoms with Gasteiger partial charge in [-0.05, 0) is 73.4 Å². The van der Waals surface area contributed by atoms with E-state index in [0.29, 0.717) is 10.8 Å². The fraction of sp³-hybridized carbons (Fsp3) is 0.310. The molecule has 0 spiro atoms. The van der Waals surface area contributed by atoms with Crippen molar-refractivity contribution in [3.8, 4) is 5.75 Å². The molecule has 0 fully saturated rings. The molecule has 0 radical (unpaired) electrons. The van der Waals surface area contributed by atoms with E-state index < -0.39 is 34.5 Å². The third-order valence-electron chi connectivity index (χ3n) is 5.53. The summed E-state index contributed by atoms with van der Waals surface area (Å²) in [5.41, 5.74) is 1.59. The van der Waals surface area contributed by atoms with Crippen LogP contribution in [0.25, 0.3) is 0 Å². The molecule has 3 aromatic rings. The number of ether oxygens (including phenoxy) is 2. The first-order valence-electron chi connectivity index (χ1n) is 12.4. The lowest BCUT2D eigenvalue weighted by atomic mass is 9.87. The Balaban J connectivity index is 1.76. The first kappa shape index (κ1) is 30.0. The van der Waals surface area contributed by atoms with Crippen molar-refractivity contribution >= 4 is 44.9 Å². The molecule has 1 N–H and O–H groups in total. The van der Waals surface area contributed by atoms with Crippen molar-refractivity contribution in [2.24, 2.45) is 0 Å². The number of carbonyl (C=O) groups excluding carboxylic acids is 2. The first-order chi connectivity index (χ1) is 18.3. The highest BCUT2D eigenvalue weighted by Crippen LogP contribution is 2.28. The van der Waals surface area contributed by atoms with Gasteiger partial charge in [-0.25, -0.2) is 8.42 Å². The molecule has 0 aliphatic carbocycles. The highest BCUT2D eigenvalue weighted by atomic mass is 35.5. The maximum atomic E-state index is 13.6. The number of anilines is 2. The number of carbonyl (C=O) groups is 2. The number of nitrogens with one attached hydrogen (secondary N) is 1. The molecule has 0 saturated heterocycles. The number of halogens is 1. The number of hydrogen-bond donors (Lipinski definition) is 1. The largest absolute Gasteiger partial charge is 0.484 e. The monoisotopic (exact) mass is 572 g/mol. The fourth-order valence-corrected chi connectivity index (χ4v) is 5.25. The quantitative estimate of drug-likeness (QED) is 0.308. The number of benzene rings is 3. The number of hydrogen-bond acceptors (Lipinski definition) is 6. The van der Waals surface area contributed by atoms with Crippen LogP contribution in [0.3, 0.4) is 0 Å². The van der Waals surface area contributed by atoms with Gasteiger partial charge in [0.25, 0.3) is 15.9 Å². The van der Waals surface area contributed by atoms with Crippen LogP contribution in [0.5, 0.6) is 5.75 Å².